The first-order chi connectivity index (χ1) is 10.0. The van der Waals surface area contributed by atoms with Gasteiger partial charge in [0.05, 0.1) is 23.1 Å². The topological polar surface area (TPSA) is 93.8 Å². The fourth-order valence-corrected chi connectivity index (χ4v) is 1.89. The maximum Gasteiger partial charge on any atom is 0.339 e. The van der Waals surface area contributed by atoms with Crippen molar-refractivity contribution in [3.63, 3.8) is 0 Å². The lowest BCUT2D eigenvalue weighted by molar-refractivity contribution is 0.0694. The van der Waals surface area contributed by atoms with Gasteiger partial charge in [-0.05, 0) is 25.0 Å². The first-order valence-corrected chi connectivity index (χ1v) is 6.69. The summed E-state index contributed by atoms with van der Waals surface area (Å²) in [7, 11) is 0. The van der Waals surface area contributed by atoms with Gasteiger partial charge < -0.3 is 5.11 Å². The number of rotatable bonds is 5. The minimum absolute atomic E-state index is 0.00841. The maximum atomic E-state index is 11.1. The summed E-state index contributed by atoms with van der Waals surface area (Å²) < 4.78 is 1.74. The lowest BCUT2D eigenvalue weighted by atomic mass is 10.1. The molecule has 21 heavy (non-hydrogen) atoms. The Bertz CT molecular complexity index is 676. The highest BCUT2D eigenvalue weighted by Gasteiger charge is 2.15. The van der Waals surface area contributed by atoms with E-state index in [2.05, 4.69) is 20.3 Å². The molecular weight excluding hydrogens is 270 g/mol. The third kappa shape index (κ3) is 3.31. The number of aromatic carboxylic acids is 1. The predicted octanol–water partition coefficient (Wildman–Crippen LogP) is 2.08. The highest BCUT2D eigenvalue weighted by Crippen LogP contribution is 2.17. The molecule has 0 bridgehead atoms. The minimum atomic E-state index is -1.01. The molecule has 2 aromatic rings. The lowest BCUT2D eigenvalue weighted by Gasteiger charge is -2.08. The van der Waals surface area contributed by atoms with Crippen molar-refractivity contribution < 1.29 is 9.90 Å². The predicted molar refractivity (Wildman–Crippen MR) is 77.7 cm³/mol. The second kappa shape index (κ2) is 6.25. The van der Waals surface area contributed by atoms with Gasteiger partial charge >= 0.3 is 5.97 Å². The summed E-state index contributed by atoms with van der Waals surface area (Å²) in [5.41, 5.74) is 1.51. The Balaban J connectivity index is 2.33. The molecule has 0 saturated heterocycles. The van der Waals surface area contributed by atoms with Crippen molar-refractivity contribution in [2.75, 3.05) is 0 Å². The number of hydrogen-bond donors (Lipinski definition) is 1. The van der Waals surface area contributed by atoms with Crippen LogP contribution in [0.25, 0.3) is 12.2 Å². The van der Waals surface area contributed by atoms with Gasteiger partial charge in [0.2, 0.25) is 0 Å². The average Bonchev–Trinajstić information content (AvgIpc) is 2.92. The van der Waals surface area contributed by atoms with E-state index in [9.17, 15) is 4.79 Å². The minimum Gasteiger partial charge on any atom is -0.478 e. The molecular formula is C14H17N5O2. The Morgan fingerprint density at radius 2 is 2.14 bits per heavy atom. The van der Waals surface area contributed by atoms with E-state index in [1.807, 2.05) is 26.8 Å². The first kappa shape index (κ1) is 14.8. The summed E-state index contributed by atoms with van der Waals surface area (Å²) in [4.78, 5) is 19.5. The Morgan fingerprint density at radius 3 is 2.76 bits per heavy atom. The second-order valence-corrected chi connectivity index (χ2v) is 4.79. The van der Waals surface area contributed by atoms with E-state index in [4.69, 9.17) is 5.11 Å². The van der Waals surface area contributed by atoms with Crippen molar-refractivity contribution >= 4 is 18.1 Å². The molecule has 0 unspecified atom stereocenters. The van der Waals surface area contributed by atoms with Gasteiger partial charge in [-0.2, -0.15) is 0 Å². The molecule has 110 valence electrons. The highest BCUT2D eigenvalue weighted by atomic mass is 16.4. The molecule has 2 aromatic heterocycles. The van der Waals surface area contributed by atoms with Gasteiger partial charge in [-0.15, -0.1) is 5.10 Å². The number of carboxylic acid groups (broad SMARTS) is 1. The monoisotopic (exact) mass is 287 g/mol. The fraction of sp³-hybridized carbons (Fsp3) is 0.357. The van der Waals surface area contributed by atoms with Crippen LogP contribution in [0.2, 0.25) is 0 Å². The van der Waals surface area contributed by atoms with Gasteiger partial charge in [0.25, 0.3) is 0 Å². The molecule has 0 saturated carbocycles. The van der Waals surface area contributed by atoms with Crippen molar-refractivity contribution in [3.05, 3.63) is 35.2 Å². The summed E-state index contributed by atoms with van der Waals surface area (Å²) in [6, 6.07) is 0. The van der Waals surface area contributed by atoms with Gasteiger partial charge in [-0.25, -0.2) is 19.4 Å². The molecule has 0 aliphatic carbocycles. The van der Waals surface area contributed by atoms with Gasteiger partial charge in [0.15, 0.2) is 5.82 Å². The van der Waals surface area contributed by atoms with E-state index in [1.54, 1.807) is 17.0 Å². The Kier molecular flexibility index (Phi) is 4.42. The van der Waals surface area contributed by atoms with E-state index >= 15 is 0 Å². The molecule has 0 atom stereocenters. The summed E-state index contributed by atoms with van der Waals surface area (Å²) in [5, 5.41) is 16.9. The first-order valence-electron chi connectivity index (χ1n) is 6.69. The normalized spacial score (nSPS) is 11.4. The van der Waals surface area contributed by atoms with E-state index in [0.717, 1.165) is 12.2 Å². The van der Waals surface area contributed by atoms with Crippen LogP contribution in [0.5, 0.6) is 0 Å². The molecule has 1 N–H and O–H groups in total. The van der Waals surface area contributed by atoms with E-state index in [0.29, 0.717) is 11.5 Å². The highest BCUT2D eigenvalue weighted by molar-refractivity contribution is 5.88. The van der Waals surface area contributed by atoms with Crippen LogP contribution in [0.4, 0.5) is 0 Å². The van der Waals surface area contributed by atoms with Crippen molar-refractivity contribution in [2.24, 2.45) is 0 Å². The molecule has 0 fully saturated rings. The number of aryl methyl sites for hydroxylation is 1. The summed E-state index contributed by atoms with van der Waals surface area (Å²) >= 11 is 0. The zero-order valence-corrected chi connectivity index (χ0v) is 12.2. The molecule has 0 aliphatic heterocycles. The number of carboxylic acids is 1. The standard InChI is InChI=1S/C14H17N5O2/c1-4-19-10(7-16-18-19)5-6-12-15-8-11(14(20)21)13(17-12)9(2)3/h5-9H,4H2,1-3H3,(H,20,21). The molecule has 7 heteroatoms. The second-order valence-electron chi connectivity index (χ2n) is 4.79. The maximum absolute atomic E-state index is 11.1. The van der Waals surface area contributed by atoms with Crippen LogP contribution in [0.15, 0.2) is 12.4 Å². The van der Waals surface area contributed by atoms with Gasteiger partial charge in [0, 0.05) is 12.7 Å². The summed E-state index contributed by atoms with van der Waals surface area (Å²) in [5.74, 6) is -0.538. The third-order valence-corrected chi connectivity index (χ3v) is 2.96. The van der Waals surface area contributed by atoms with Crippen molar-refractivity contribution in [2.45, 2.75) is 33.2 Å². The fourth-order valence-electron chi connectivity index (χ4n) is 1.89. The van der Waals surface area contributed by atoms with E-state index in [-0.39, 0.29) is 11.5 Å². The number of hydrogen-bond acceptors (Lipinski definition) is 5. The average molecular weight is 287 g/mol. The van der Waals surface area contributed by atoms with Crippen LogP contribution in [0, 0.1) is 0 Å². The Morgan fingerprint density at radius 1 is 1.38 bits per heavy atom. The molecule has 0 aliphatic rings. The van der Waals surface area contributed by atoms with Crippen LogP contribution in [-0.2, 0) is 6.54 Å². The van der Waals surface area contributed by atoms with Crippen LogP contribution in [0.3, 0.4) is 0 Å². The SMILES string of the molecule is CCn1nncc1C=Cc1ncc(C(=O)O)c(C(C)C)n1. The molecule has 0 spiro atoms. The van der Waals surface area contributed by atoms with Gasteiger partial charge in [-0.1, -0.05) is 19.1 Å². The molecule has 0 amide bonds. The number of aromatic nitrogens is 5. The zero-order valence-electron chi connectivity index (χ0n) is 12.2. The Hall–Kier alpha value is -2.57. The molecule has 2 rings (SSSR count). The van der Waals surface area contributed by atoms with Crippen LogP contribution in [0.1, 0.15) is 54.3 Å². The zero-order chi connectivity index (χ0) is 15.4. The van der Waals surface area contributed by atoms with E-state index in [1.165, 1.54) is 6.20 Å². The quantitative estimate of drug-likeness (QED) is 0.904. The van der Waals surface area contributed by atoms with Gasteiger partial charge in [-0.3, -0.25) is 0 Å². The van der Waals surface area contributed by atoms with Gasteiger partial charge in [0.1, 0.15) is 0 Å². The van der Waals surface area contributed by atoms with Crippen LogP contribution in [-0.4, -0.2) is 36.0 Å². The summed E-state index contributed by atoms with van der Waals surface area (Å²) in [6.45, 7) is 6.49. The Labute approximate surface area is 122 Å². The lowest BCUT2D eigenvalue weighted by Crippen LogP contribution is -2.08. The number of nitrogens with zero attached hydrogens (tertiary/aromatic N) is 5. The largest absolute Gasteiger partial charge is 0.478 e. The smallest absolute Gasteiger partial charge is 0.339 e. The van der Waals surface area contributed by atoms with E-state index < -0.39 is 5.97 Å². The van der Waals surface area contributed by atoms with Crippen molar-refractivity contribution in [3.8, 4) is 0 Å². The molecule has 7 nitrogen and oxygen atoms in total. The molecule has 2 heterocycles. The van der Waals surface area contributed by atoms with Crippen molar-refractivity contribution in [1.29, 1.82) is 0 Å². The third-order valence-electron chi connectivity index (χ3n) is 2.96. The van der Waals surface area contributed by atoms with Crippen LogP contribution >= 0.6 is 0 Å². The van der Waals surface area contributed by atoms with Crippen molar-refractivity contribution in [1.82, 2.24) is 25.0 Å². The summed E-state index contributed by atoms with van der Waals surface area (Å²) in [6.07, 6.45) is 6.53. The number of carbonyl (C=O) groups is 1. The molecule has 0 aromatic carbocycles. The van der Waals surface area contributed by atoms with Crippen LogP contribution < -0.4 is 0 Å². The molecule has 0 radical (unpaired) electrons.